The molecule has 3 N–H and O–H groups in total. The molecule has 20 heavy (non-hydrogen) atoms. The number of furan rings is 1. The summed E-state index contributed by atoms with van der Waals surface area (Å²) in [6, 6.07) is 2.61. The van der Waals surface area contributed by atoms with Crippen molar-refractivity contribution in [3.05, 3.63) is 23.2 Å². The predicted molar refractivity (Wildman–Crippen MR) is 81.8 cm³/mol. The maximum atomic E-state index is 5.93. The fourth-order valence-electron chi connectivity index (χ4n) is 2.83. The fraction of sp³-hybridized carbons (Fsp3) is 0.667. The largest absolute Gasteiger partial charge is 0.466 e. The van der Waals surface area contributed by atoms with Crippen LogP contribution in [0.1, 0.15) is 36.8 Å². The Morgan fingerprint density at radius 3 is 3.00 bits per heavy atom. The minimum absolute atomic E-state index is 0.520. The van der Waals surface area contributed by atoms with Crippen molar-refractivity contribution in [3.63, 3.8) is 0 Å². The van der Waals surface area contributed by atoms with E-state index in [1.165, 1.54) is 19.4 Å². The van der Waals surface area contributed by atoms with Crippen LogP contribution in [0, 0.1) is 13.8 Å². The number of rotatable bonds is 5. The van der Waals surface area contributed by atoms with E-state index in [9.17, 15) is 0 Å². The first-order valence-electron chi connectivity index (χ1n) is 7.44. The van der Waals surface area contributed by atoms with E-state index >= 15 is 0 Å². The van der Waals surface area contributed by atoms with E-state index in [2.05, 4.69) is 22.1 Å². The molecule has 1 unspecified atom stereocenters. The third kappa shape index (κ3) is 3.76. The van der Waals surface area contributed by atoms with E-state index < -0.39 is 0 Å². The highest BCUT2D eigenvalue weighted by Crippen LogP contribution is 2.16. The summed E-state index contributed by atoms with van der Waals surface area (Å²) >= 11 is 0. The third-order valence-corrected chi connectivity index (χ3v) is 3.99. The lowest BCUT2D eigenvalue weighted by Gasteiger charge is -2.23. The average molecular weight is 278 g/mol. The Kier molecular flexibility index (Phi) is 5.06. The maximum absolute atomic E-state index is 5.93. The first-order chi connectivity index (χ1) is 9.60. The van der Waals surface area contributed by atoms with E-state index in [0.717, 1.165) is 30.2 Å². The number of hydrogen-bond donors (Lipinski definition) is 2. The van der Waals surface area contributed by atoms with Crippen LogP contribution in [0.2, 0.25) is 0 Å². The molecule has 1 atom stereocenters. The van der Waals surface area contributed by atoms with Crippen LogP contribution in [0.3, 0.4) is 0 Å². The SMILES string of the molecule is CCN1CCCC1CNC(N)=NCc1cc(C)oc1C. The first-order valence-corrected chi connectivity index (χ1v) is 7.44. The van der Waals surface area contributed by atoms with E-state index in [4.69, 9.17) is 10.2 Å². The molecule has 2 heterocycles. The Labute approximate surface area is 121 Å². The van der Waals surface area contributed by atoms with Crippen LogP contribution in [-0.2, 0) is 6.54 Å². The summed E-state index contributed by atoms with van der Waals surface area (Å²) < 4.78 is 5.48. The lowest BCUT2D eigenvalue weighted by atomic mass is 10.2. The number of guanidine groups is 1. The molecule has 5 nitrogen and oxygen atoms in total. The van der Waals surface area contributed by atoms with Crippen molar-refractivity contribution >= 4 is 5.96 Å². The summed E-state index contributed by atoms with van der Waals surface area (Å²) in [6.07, 6.45) is 2.53. The highest BCUT2D eigenvalue weighted by molar-refractivity contribution is 5.77. The van der Waals surface area contributed by atoms with Gasteiger partial charge >= 0.3 is 0 Å². The standard InChI is InChI=1S/C15H26N4O/c1-4-19-7-5-6-14(19)10-18-15(16)17-9-13-8-11(2)20-12(13)3/h8,14H,4-7,9-10H2,1-3H3,(H3,16,17,18). The van der Waals surface area contributed by atoms with Gasteiger partial charge in [-0.05, 0) is 45.8 Å². The van der Waals surface area contributed by atoms with Gasteiger partial charge in [0.15, 0.2) is 5.96 Å². The van der Waals surface area contributed by atoms with E-state index in [0.29, 0.717) is 18.5 Å². The zero-order chi connectivity index (χ0) is 14.5. The van der Waals surface area contributed by atoms with Crippen LogP contribution in [0.5, 0.6) is 0 Å². The maximum Gasteiger partial charge on any atom is 0.188 e. The third-order valence-electron chi connectivity index (χ3n) is 3.99. The number of aliphatic imine (C=N–C) groups is 1. The number of likely N-dealkylation sites (tertiary alicyclic amines) is 1. The minimum Gasteiger partial charge on any atom is -0.466 e. The van der Waals surface area contributed by atoms with E-state index in [1.807, 2.05) is 19.9 Å². The van der Waals surface area contributed by atoms with Gasteiger partial charge in [-0.25, -0.2) is 4.99 Å². The van der Waals surface area contributed by atoms with E-state index in [1.54, 1.807) is 0 Å². The lowest BCUT2D eigenvalue weighted by molar-refractivity contribution is 0.267. The molecule has 0 saturated carbocycles. The highest BCUT2D eigenvalue weighted by atomic mass is 16.3. The average Bonchev–Trinajstić information content (AvgIpc) is 2.99. The van der Waals surface area contributed by atoms with Crippen molar-refractivity contribution in [3.8, 4) is 0 Å². The van der Waals surface area contributed by atoms with Gasteiger partial charge < -0.3 is 15.5 Å². The number of nitrogens with two attached hydrogens (primary N) is 1. The number of hydrogen-bond acceptors (Lipinski definition) is 3. The van der Waals surface area contributed by atoms with Gasteiger partial charge in [-0.15, -0.1) is 0 Å². The van der Waals surface area contributed by atoms with Gasteiger partial charge in [-0.1, -0.05) is 6.92 Å². The van der Waals surface area contributed by atoms with Crippen molar-refractivity contribution < 1.29 is 4.42 Å². The van der Waals surface area contributed by atoms with Crippen molar-refractivity contribution in [2.45, 2.75) is 46.2 Å². The summed E-state index contributed by atoms with van der Waals surface area (Å²) in [4.78, 5) is 6.88. The molecule has 1 aliphatic rings. The molecule has 5 heteroatoms. The molecule has 0 bridgehead atoms. The normalized spacial score (nSPS) is 20.6. The molecule has 1 saturated heterocycles. The van der Waals surface area contributed by atoms with Gasteiger partial charge in [0.25, 0.3) is 0 Å². The van der Waals surface area contributed by atoms with Gasteiger partial charge in [0.1, 0.15) is 11.5 Å². The Hall–Kier alpha value is -1.49. The molecular formula is C15H26N4O. The molecule has 1 aromatic heterocycles. The second kappa shape index (κ2) is 6.79. The van der Waals surface area contributed by atoms with Gasteiger partial charge in [-0.3, -0.25) is 4.90 Å². The molecule has 0 aliphatic carbocycles. The second-order valence-electron chi connectivity index (χ2n) is 5.45. The first kappa shape index (κ1) is 14.9. The summed E-state index contributed by atoms with van der Waals surface area (Å²) in [6.45, 7) is 9.88. The lowest BCUT2D eigenvalue weighted by Crippen LogP contribution is -2.42. The Morgan fingerprint density at radius 1 is 1.55 bits per heavy atom. The molecule has 2 rings (SSSR count). The number of nitrogens with one attached hydrogen (secondary N) is 1. The Bertz CT molecular complexity index is 466. The van der Waals surface area contributed by atoms with Crippen LogP contribution < -0.4 is 11.1 Å². The smallest absolute Gasteiger partial charge is 0.188 e. The summed E-state index contributed by atoms with van der Waals surface area (Å²) in [5.41, 5.74) is 7.03. The molecule has 0 spiro atoms. The van der Waals surface area contributed by atoms with Crippen LogP contribution >= 0.6 is 0 Å². The summed E-state index contributed by atoms with van der Waals surface area (Å²) in [5, 5.41) is 3.24. The van der Waals surface area contributed by atoms with Gasteiger partial charge in [-0.2, -0.15) is 0 Å². The van der Waals surface area contributed by atoms with Crippen LogP contribution in [0.4, 0.5) is 0 Å². The van der Waals surface area contributed by atoms with Gasteiger partial charge in [0.05, 0.1) is 6.54 Å². The molecule has 1 aromatic rings. The van der Waals surface area contributed by atoms with Crippen LogP contribution in [0.15, 0.2) is 15.5 Å². The number of nitrogens with zero attached hydrogens (tertiary/aromatic N) is 2. The van der Waals surface area contributed by atoms with Crippen molar-refractivity contribution in [2.24, 2.45) is 10.7 Å². The number of likely N-dealkylation sites (N-methyl/N-ethyl adjacent to an activating group) is 1. The van der Waals surface area contributed by atoms with Crippen LogP contribution in [0.25, 0.3) is 0 Å². The highest BCUT2D eigenvalue weighted by Gasteiger charge is 2.22. The van der Waals surface area contributed by atoms with Crippen molar-refractivity contribution in [1.29, 1.82) is 0 Å². The zero-order valence-corrected chi connectivity index (χ0v) is 12.8. The van der Waals surface area contributed by atoms with Gasteiger partial charge in [0.2, 0.25) is 0 Å². The molecule has 0 radical (unpaired) electrons. The van der Waals surface area contributed by atoms with Crippen LogP contribution in [-0.4, -0.2) is 36.5 Å². The Morgan fingerprint density at radius 2 is 2.35 bits per heavy atom. The van der Waals surface area contributed by atoms with E-state index in [-0.39, 0.29) is 0 Å². The molecule has 1 fully saturated rings. The zero-order valence-electron chi connectivity index (χ0n) is 12.8. The second-order valence-corrected chi connectivity index (χ2v) is 5.45. The predicted octanol–water partition coefficient (Wildman–Crippen LogP) is 1.79. The monoisotopic (exact) mass is 278 g/mol. The van der Waals surface area contributed by atoms with Crippen molar-refractivity contribution in [1.82, 2.24) is 10.2 Å². The quantitative estimate of drug-likeness (QED) is 0.636. The fourth-order valence-corrected chi connectivity index (χ4v) is 2.83. The summed E-state index contributed by atoms with van der Waals surface area (Å²) in [7, 11) is 0. The summed E-state index contributed by atoms with van der Waals surface area (Å²) in [5.74, 6) is 2.36. The molecule has 0 amide bonds. The van der Waals surface area contributed by atoms with Gasteiger partial charge in [0, 0.05) is 18.2 Å². The molecular weight excluding hydrogens is 252 g/mol. The number of aryl methyl sites for hydroxylation is 2. The minimum atomic E-state index is 0.520. The van der Waals surface area contributed by atoms with Crippen molar-refractivity contribution in [2.75, 3.05) is 19.6 Å². The molecule has 112 valence electrons. The Balaban J connectivity index is 1.81. The topological polar surface area (TPSA) is 66.8 Å². The molecule has 1 aliphatic heterocycles. The molecule has 0 aromatic carbocycles.